The van der Waals surface area contributed by atoms with Crippen LogP contribution in [0.25, 0.3) is 0 Å². The van der Waals surface area contributed by atoms with E-state index in [-0.39, 0.29) is 4.83 Å². The third-order valence-electron chi connectivity index (χ3n) is 3.29. The van der Waals surface area contributed by atoms with Crippen molar-refractivity contribution in [3.8, 4) is 11.5 Å². The molecule has 0 fully saturated rings. The van der Waals surface area contributed by atoms with Gasteiger partial charge in [0.25, 0.3) is 0 Å². The Morgan fingerprint density at radius 3 is 2.30 bits per heavy atom. The Hall–Kier alpha value is -1.13. The van der Waals surface area contributed by atoms with Crippen molar-refractivity contribution in [1.29, 1.82) is 0 Å². The van der Waals surface area contributed by atoms with Crippen LogP contribution in [0.5, 0.6) is 11.5 Å². The van der Waals surface area contributed by atoms with E-state index in [2.05, 4.69) is 15.9 Å². The van der Waals surface area contributed by atoms with Crippen LogP contribution in [0.1, 0.15) is 27.5 Å². The van der Waals surface area contributed by atoms with E-state index in [1.54, 1.807) is 0 Å². The summed E-state index contributed by atoms with van der Waals surface area (Å²) in [5.74, 6) is 3.20. The van der Waals surface area contributed by atoms with Crippen LogP contribution in [-0.4, -0.2) is 13.2 Å². The summed E-state index contributed by atoms with van der Waals surface area (Å²) in [5.41, 5.74) is 2.01. The summed E-state index contributed by atoms with van der Waals surface area (Å²) in [5, 5.41) is 0.648. The van der Waals surface area contributed by atoms with Crippen molar-refractivity contribution in [3.05, 3.63) is 45.9 Å². The summed E-state index contributed by atoms with van der Waals surface area (Å²) in [6.45, 7) is 5.00. The minimum atomic E-state index is -0.0386. The van der Waals surface area contributed by atoms with Crippen molar-refractivity contribution in [2.75, 3.05) is 13.2 Å². The predicted octanol–water partition coefficient (Wildman–Crippen LogP) is 4.81. The maximum absolute atomic E-state index is 6.37. The van der Waals surface area contributed by atoms with Crippen LogP contribution in [0, 0.1) is 13.8 Å². The Balaban J connectivity index is 2.03. The zero-order valence-electron chi connectivity index (χ0n) is 11.2. The lowest BCUT2D eigenvalue weighted by Gasteiger charge is -2.21. The molecule has 1 atom stereocenters. The fraction of sp³-hybridized carbons (Fsp3) is 0.333. The minimum absolute atomic E-state index is 0.0386. The Labute approximate surface area is 130 Å². The molecule has 3 nitrogen and oxygen atoms in total. The average Bonchev–Trinajstić information content (AvgIpc) is 2.76. The van der Waals surface area contributed by atoms with Crippen molar-refractivity contribution < 1.29 is 13.9 Å². The maximum atomic E-state index is 6.37. The van der Waals surface area contributed by atoms with Crippen molar-refractivity contribution >= 4 is 27.5 Å². The van der Waals surface area contributed by atoms with E-state index in [0.717, 1.165) is 28.4 Å². The molecule has 0 N–H and O–H groups in total. The summed E-state index contributed by atoms with van der Waals surface area (Å²) in [4.78, 5) is -0.0386. The van der Waals surface area contributed by atoms with Crippen molar-refractivity contribution in [2.45, 2.75) is 18.7 Å². The molecule has 0 saturated carbocycles. The number of furan rings is 1. The molecule has 1 aromatic carbocycles. The standard InChI is InChI=1S/C15H14BrClO3/c1-8-5-10(9(2)20-8)15(16)11-6-13-14(7-12(11)17)19-4-3-18-13/h5-7,15H,3-4H2,1-2H3. The van der Waals surface area contributed by atoms with Crippen LogP contribution in [0.2, 0.25) is 5.02 Å². The van der Waals surface area contributed by atoms with Gasteiger partial charge in [-0.05, 0) is 31.5 Å². The molecule has 20 heavy (non-hydrogen) atoms. The number of hydrogen-bond acceptors (Lipinski definition) is 3. The second-order valence-electron chi connectivity index (χ2n) is 4.75. The lowest BCUT2D eigenvalue weighted by molar-refractivity contribution is 0.171. The number of aryl methyl sites for hydroxylation is 2. The van der Waals surface area contributed by atoms with Gasteiger partial charge in [-0.15, -0.1) is 0 Å². The number of ether oxygens (including phenoxy) is 2. The summed E-state index contributed by atoms with van der Waals surface area (Å²) in [7, 11) is 0. The van der Waals surface area contributed by atoms with E-state index in [1.807, 2.05) is 32.0 Å². The van der Waals surface area contributed by atoms with Gasteiger partial charge in [-0.25, -0.2) is 0 Å². The summed E-state index contributed by atoms with van der Waals surface area (Å²) >= 11 is 10.1. The molecule has 0 aliphatic carbocycles. The first-order valence-corrected chi connectivity index (χ1v) is 7.65. The van der Waals surface area contributed by atoms with E-state index in [4.69, 9.17) is 25.5 Å². The van der Waals surface area contributed by atoms with Gasteiger partial charge >= 0.3 is 0 Å². The van der Waals surface area contributed by atoms with E-state index in [1.165, 1.54) is 0 Å². The zero-order chi connectivity index (χ0) is 14.3. The van der Waals surface area contributed by atoms with Crippen molar-refractivity contribution in [3.63, 3.8) is 0 Å². The van der Waals surface area contributed by atoms with Gasteiger partial charge in [0.15, 0.2) is 11.5 Å². The van der Waals surface area contributed by atoms with Crippen LogP contribution in [-0.2, 0) is 0 Å². The highest BCUT2D eigenvalue weighted by Gasteiger charge is 2.22. The molecular formula is C15H14BrClO3. The van der Waals surface area contributed by atoms with Gasteiger partial charge in [-0.2, -0.15) is 0 Å². The van der Waals surface area contributed by atoms with E-state index < -0.39 is 0 Å². The second-order valence-corrected chi connectivity index (χ2v) is 6.07. The molecule has 0 spiro atoms. The molecule has 0 radical (unpaired) electrons. The molecule has 0 amide bonds. The van der Waals surface area contributed by atoms with E-state index in [0.29, 0.717) is 24.0 Å². The molecule has 1 aliphatic heterocycles. The van der Waals surface area contributed by atoms with Crippen molar-refractivity contribution in [2.24, 2.45) is 0 Å². The van der Waals surface area contributed by atoms with E-state index >= 15 is 0 Å². The molecule has 3 rings (SSSR count). The van der Waals surface area contributed by atoms with Crippen LogP contribution >= 0.6 is 27.5 Å². The quantitative estimate of drug-likeness (QED) is 0.723. The number of benzene rings is 1. The molecule has 5 heteroatoms. The lowest BCUT2D eigenvalue weighted by atomic mass is 10.0. The van der Waals surface area contributed by atoms with Gasteiger partial charge in [-0.3, -0.25) is 0 Å². The third kappa shape index (κ3) is 2.42. The van der Waals surface area contributed by atoms with E-state index in [9.17, 15) is 0 Å². The van der Waals surface area contributed by atoms with Crippen LogP contribution in [0.15, 0.2) is 22.6 Å². The number of halogens is 2. The molecule has 0 saturated heterocycles. The number of fused-ring (bicyclic) bond motifs is 1. The lowest BCUT2D eigenvalue weighted by Crippen LogP contribution is -2.15. The normalized spacial score (nSPS) is 15.2. The molecule has 2 heterocycles. The predicted molar refractivity (Wildman–Crippen MR) is 81.4 cm³/mol. The monoisotopic (exact) mass is 356 g/mol. The van der Waals surface area contributed by atoms with Gasteiger partial charge in [0.05, 0.1) is 4.83 Å². The molecule has 0 bridgehead atoms. The first kappa shape index (κ1) is 13.8. The topological polar surface area (TPSA) is 31.6 Å². The van der Waals surface area contributed by atoms with Gasteiger partial charge in [0.2, 0.25) is 0 Å². The highest BCUT2D eigenvalue weighted by molar-refractivity contribution is 9.09. The largest absolute Gasteiger partial charge is 0.486 e. The smallest absolute Gasteiger partial charge is 0.162 e. The van der Waals surface area contributed by atoms with Gasteiger partial charge in [0.1, 0.15) is 24.7 Å². The SMILES string of the molecule is Cc1cc(C(Br)c2cc3c(cc2Cl)OCCO3)c(C)o1. The van der Waals surface area contributed by atoms with Gasteiger partial charge < -0.3 is 13.9 Å². The molecule has 1 aliphatic rings. The van der Waals surface area contributed by atoms with Gasteiger partial charge in [0, 0.05) is 16.7 Å². The molecule has 1 aromatic heterocycles. The Morgan fingerprint density at radius 1 is 1.05 bits per heavy atom. The summed E-state index contributed by atoms with van der Waals surface area (Å²) < 4.78 is 16.7. The van der Waals surface area contributed by atoms with Gasteiger partial charge in [-0.1, -0.05) is 27.5 Å². The maximum Gasteiger partial charge on any atom is 0.162 e. The molecule has 1 unspecified atom stereocenters. The van der Waals surface area contributed by atoms with Crippen LogP contribution in [0.4, 0.5) is 0 Å². The van der Waals surface area contributed by atoms with Crippen LogP contribution < -0.4 is 9.47 Å². The fourth-order valence-electron chi connectivity index (χ4n) is 2.34. The summed E-state index contributed by atoms with van der Waals surface area (Å²) in [6.07, 6.45) is 0. The van der Waals surface area contributed by atoms with Crippen molar-refractivity contribution in [1.82, 2.24) is 0 Å². The highest BCUT2D eigenvalue weighted by Crippen LogP contribution is 2.43. The second kappa shape index (κ2) is 5.34. The number of alkyl halides is 1. The Kier molecular flexibility index (Phi) is 3.69. The number of hydrogen-bond donors (Lipinski definition) is 0. The van der Waals surface area contributed by atoms with Crippen LogP contribution in [0.3, 0.4) is 0 Å². The molecular weight excluding hydrogens is 344 g/mol. The first-order chi connectivity index (χ1) is 9.56. The minimum Gasteiger partial charge on any atom is -0.486 e. The average molecular weight is 358 g/mol. The molecule has 106 valence electrons. The Bertz CT molecular complexity index is 651. The molecule has 2 aromatic rings. The summed E-state index contributed by atoms with van der Waals surface area (Å²) in [6, 6.07) is 5.75. The first-order valence-electron chi connectivity index (χ1n) is 6.36. The third-order valence-corrected chi connectivity index (χ3v) is 4.60. The highest BCUT2D eigenvalue weighted by atomic mass is 79.9. The number of rotatable bonds is 2. The fourth-order valence-corrected chi connectivity index (χ4v) is 3.57. The Morgan fingerprint density at radius 2 is 1.70 bits per heavy atom. The zero-order valence-corrected chi connectivity index (χ0v) is 13.5.